The minimum atomic E-state index is 0.815. The Labute approximate surface area is 120 Å². The largest absolute Gasteiger partial charge is 0.494 e. The van der Waals surface area contributed by atoms with Gasteiger partial charge in [-0.05, 0) is 36.3 Å². The van der Waals surface area contributed by atoms with Gasteiger partial charge in [-0.2, -0.15) is 11.8 Å². The lowest BCUT2D eigenvalue weighted by Crippen LogP contribution is -1.97. The number of thioether (sulfide) groups is 1. The van der Waals surface area contributed by atoms with Crippen molar-refractivity contribution < 1.29 is 4.74 Å². The van der Waals surface area contributed by atoms with E-state index in [2.05, 4.69) is 30.3 Å². The highest BCUT2D eigenvalue weighted by molar-refractivity contribution is 7.98. The van der Waals surface area contributed by atoms with Gasteiger partial charge in [0, 0.05) is 5.75 Å². The fraction of sp³-hybridized carbons (Fsp3) is 0.294. The van der Waals surface area contributed by atoms with Crippen LogP contribution in [0.2, 0.25) is 0 Å². The summed E-state index contributed by atoms with van der Waals surface area (Å²) in [6.45, 7) is 0.815. The Morgan fingerprint density at radius 1 is 0.789 bits per heavy atom. The van der Waals surface area contributed by atoms with Crippen molar-refractivity contribution in [3.63, 3.8) is 0 Å². The summed E-state index contributed by atoms with van der Waals surface area (Å²) >= 11 is 2.00. The summed E-state index contributed by atoms with van der Waals surface area (Å²) in [6.07, 6.45) is 2.33. The quantitative estimate of drug-likeness (QED) is 0.640. The van der Waals surface area contributed by atoms with E-state index in [1.807, 2.05) is 42.1 Å². The molecule has 0 spiro atoms. The van der Waals surface area contributed by atoms with Crippen molar-refractivity contribution in [1.29, 1.82) is 0 Å². The molecule has 0 heterocycles. The molecule has 0 aliphatic rings. The number of rotatable bonds is 8. The van der Waals surface area contributed by atoms with Gasteiger partial charge in [0.1, 0.15) is 5.75 Å². The molecular weight excluding hydrogens is 252 g/mol. The average Bonchev–Trinajstić information content (AvgIpc) is 2.48. The number of benzene rings is 2. The van der Waals surface area contributed by atoms with Crippen LogP contribution in [0.3, 0.4) is 0 Å². The number of ether oxygens (including phenoxy) is 1. The number of unbranched alkanes of at least 4 members (excludes halogenated alkanes) is 1. The van der Waals surface area contributed by atoms with E-state index >= 15 is 0 Å². The molecular formula is C17H20OS. The first-order valence-corrected chi connectivity index (χ1v) is 7.90. The molecule has 0 unspecified atom stereocenters. The Kier molecular flexibility index (Phi) is 6.38. The summed E-state index contributed by atoms with van der Waals surface area (Å²) < 4.78 is 5.66. The topological polar surface area (TPSA) is 9.23 Å². The highest BCUT2D eigenvalue weighted by Crippen LogP contribution is 2.14. The van der Waals surface area contributed by atoms with E-state index in [1.165, 1.54) is 17.7 Å². The molecule has 0 radical (unpaired) electrons. The second-order valence-corrected chi connectivity index (χ2v) is 5.51. The van der Waals surface area contributed by atoms with Crippen LogP contribution < -0.4 is 4.74 Å². The van der Waals surface area contributed by atoms with Crippen molar-refractivity contribution in [2.24, 2.45) is 0 Å². The third-order valence-electron chi connectivity index (χ3n) is 2.81. The molecule has 0 aromatic heterocycles. The van der Waals surface area contributed by atoms with Gasteiger partial charge < -0.3 is 4.74 Å². The SMILES string of the molecule is c1ccc(CSCCCCOc2ccccc2)cc1. The average molecular weight is 272 g/mol. The predicted molar refractivity (Wildman–Crippen MR) is 83.8 cm³/mol. The summed E-state index contributed by atoms with van der Waals surface area (Å²) in [5.74, 6) is 3.28. The van der Waals surface area contributed by atoms with E-state index in [-0.39, 0.29) is 0 Å². The van der Waals surface area contributed by atoms with Gasteiger partial charge in [-0.15, -0.1) is 0 Å². The first-order valence-electron chi connectivity index (χ1n) is 6.75. The zero-order chi connectivity index (χ0) is 13.2. The summed E-state index contributed by atoms with van der Waals surface area (Å²) in [7, 11) is 0. The molecule has 0 amide bonds. The Hall–Kier alpha value is -1.41. The highest BCUT2D eigenvalue weighted by Gasteiger charge is 1.94. The van der Waals surface area contributed by atoms with E-state index in [9.17, 15) is 0 Å². The van der Waals surface area contributed by atoms with Crippen LogP contribution in [0.1, 0.15) is 18.4 Å². The van der Waals surface area contributed by atoms with Crippen LogP contribution in [0.15, 0.2) is 60.7 Å². The molecule has 19 heavy (non-hydrogen) atoms. The number of para-hydroxylation sites is 1. The lowest BCUT2D eigenvalue weighted by molar-refractivity contribution is 0.310. The summed E-state index contributed by atoms with van der Waals surface area (Å²) in [5, 5.41) is 0. The maximum Gasteiger partial charge on any atom is 0.119 e. The van der Waals surface area contributed by atoms with E-state index in [0.29, 0.717) is 0 Å². The van der Waals surface area contributed by atoms with Crippen molar-refractivity contribution in [3.05, 3.63) is 66.2 Å². The number of hydrogen-bond acceptors (Lipinski definition) is 2. The molecule has 100 valence electrons. The summed E-state index contributed by atoms with van der Waals surface area (Å²) in [4.78, 5) is 0. The van der Waals surface area contributed by atoms with Gasteiger partial charge in [0.15, 0.2) is 0 Å². The molecule has 0 atom stereocenters. The van der Waals surface area contributed by atoms with Crippen molar-refractivity contribution in [2.45, 2.75) is 18.6 Å². The molecule has 2 aromatic rings. The third kappa shape index (κ3) is 5.84. The maximum atomic E-state index is 5.66. The highest BCUT2D eigenvalue weighted by atomic mass is 32.2. The monoisotopic (exact) mass is 272 g/mol. The Morgan fingerprint density at radius 2 is 1.47 bits per heavy atom. The lowest BCUT2D eigenvalue weighted by Gasteiger charge is -2.05. The lowest BCUT2D eigenvalue weighted by atomic mass is 10.2. The van der Waals surface area contributed by atoms with Gasteiger partial charge in [0.2, 0.25) is 0 Å². The van der Waals surface area contributed by atoms with Crippen LogP contribution in [-0.4, -0.2) is 12.4 Å². The first-order chi connectivity index (χ1) is 9.45. The van der Waals surface area contributed by atoms with Crippen LogP contribution in [0.4, 0.5) is 0 Å². The zero-order valence-corrected chi connectivity index (χ0v) is 11.9. The minimum absolute atomic E-state index is 0.815. The third-order valence-corrected chi connectivity index (χ3v) is 3.92. The second-order valence-electron chi connectivity index (χ2n) is 4.41. The van der Waals surface area contributed by atoms with E-state index in [4.69, 9.17) is 4.74 Å². The Morgan fingerprint density at radius 3 is 2.21 bits per heavy atom. The standard InChI is InChI=1S/C17H20OS/c1-3-9-16(10-4-1)15-19-14-8-7-13-18-17-11-5-2-6-12-17/h1-6,9-12H,7-8,13-15H2. The molecule has 0 aliphatic heterocycles. The van der Waals surface area contributed by atoms with Crippen molar-refractivity contribution in [2.75, 3.05) is 12.4 Å². The van der Waals surface area contributed by atoms with E-state index in [1.54, 1.807) is 0 Å². The smallest absolute Gasteiger partial charge is 0.119 e. The predicted octanol–water partition coefficient (Wildman–Crippen LogP) is 4.78. The van der Waals surface area contributed by atoms with Crippen molar-refractivity contribution in [3.8, 4) is 5.75 Å². The van der Waals surface area contributed by atoms with Gasteiger partial charge in [-0.3, -0.25) is 0 Å². The van der Waals surface area contributed by atoms with Crippen LogP contribution in [0.5, 0.6) is 5.75 Å². The first kappa shape index (κ1) is 14.0. The fourth-order valence-corrected chi connectivity index (χ4v) is 2.76. The van der Waals surface area contributed by atoms with Crippen LogP contribution >= 0.6 is 11.8 Å². The Bertz CT molecular complexity index is 398. The summed E-state index contributed by atoms with van der Waals surface area (Å²) in [5.41, 5.74) is 1.41. The fourth-order valence-electron chi connectivity index (χ4n) is 1.78. The zero-order valence-electron chi connectivity index (χ0n) is 11.1. The molecule has 0 saturated carbocycles. The van der Waals surface area contributed by atoms with Crippen LogP contribution in [0, 0.1) is 0 Å². The van der Waals surface area contributed by atoms with Gasteiger partial charge in [-0.25, -0.2) is 0 Å². The molecule has 0 bridgehead atoms. The molecule has 0 saturated heterocycles. The van der Waals surface area contributed by atoms with Crippen molar-refractivity contribution >= 4 is 11.8 Å². The van der Waals surface area contributed by atoms with Crippen LogP contribution in [-0.2, 0) is 5.75 Å². The van der Waals surface area contributed by atoms with Gasteiger partial charge in [0.05, 0.1) is 6.61 Å². The molecule has 0 fully saturated rings. The maximum absolute atomic E-state index is 5.66. The normalized spacial score (nSPS) is 10.3. The minimum Gasteiger partial charge on any atom is -0.494 e. The van der Waals surface area contributed by atoms with E-state index < -0.39 is 0 Å². The molecule has 0 aliphatic carbocycles. The molecule has 1 nitrogen and oxygen atoms in total. The van der Waals surface area contributed by atoms with Crippen LogP contribution in [0.25, 0.3) is 0 Å². The Balaban J connectivity index is 1.49. The second kappa shape index (κ2) is 8.65. The summed E-state index contributed by atoms with van der Waals surface area (Å²) in [6, 6.07) is 20.7. The number of hydrogen-bond donors (Lipinski definition) is 0. The molecule has 0 N–H and O–H groups in total. The van der Waals surface area contributed by atoms with Gasteiger partial charge in [-0.1, -0.05) is 48.5 Å². The van der Waals surface area contributed by atoms with Crippen molar-refractivity contribution in [1.82, 2.24) is 0 Å². The molecule has 2 aromatic carbocycles. The molecule has 2 heteroatoms. The molecule has 2 rings (SSSR count). The van der Waals surface area contributed by atoms with E-state index in [0.717, 1.165) is 24.5 Å². The van der Waals surface area contributed by atoms with Gasteiger partial charge in [0.25, 0.3) is 0 Å². The van der Waals surface area contributed by atoms with Gasteiger partial charge >= 0.3 is 0 Å².